The Morgan fingerprint density at radius 1 is 0.976 bits per heavy atom. The number of alkyl halides is 3. The molecule has 1 fully saturated rings. The molecule has 41 heavy (non-hydrogen) atoms. The maximum atomic E-state index is 13.6. The van der Waals surface area contributed by atoms with Crippen LogP contribution < -0.4 is 15.0 Å². The van der Waals surface area contributed by atoms with Gasteiger partial charge in [0, 0.05) is 34.8 Å². The van der Waals surface area contributed by atoms with Crippen LogP contribution in [0.25, 0.3) is 10.9 Å². The smallest absolute Gasteiger partial charge is 0.416 e. The second-order valence-corrected chi connectivity index (χ2v) is 10.5. The van der Waals surface area contributed by atoms with Crippen LogP contribution in [0, 0.1) is 6.92 Å². The summed E-state index contributed by atoms with van der Waals surface area (Å²) in [5.41, 5.74) is 1.96. The first-order valence-electron chi connectivity index (χ1n) is 13.3. The van der Waals surface area contributed by atoms with E-state index in [4.69, 9.17) is 16.3 Å². The fourth-order valence-corrected chi connectivity index (χ4v) is 5.50. The number of rotatable bonds is 6. The topological polar surface area (TPSA) is 63.6 Å². The van der Waals surface area contributed by atoms with Gasteiger partial charge in [0.1, 0.15) is 5.75 Å². The molecule has 0 saturated carbocycles. The zero-order valence-corrected chi connectivity index (χ0v) is 23.4. The Kier molecular flexibility index (Phi) is 8.00. The number of hydrogen-bond acceptors (Lipinski definition) is 4. The quantitative estimate of drug-likeness (QED) is 0.255. The highest BCUT2D eigenvalue weighted by molar-refractivity contribution is 6.30. The van der Waals surface area contributed by atoms with Gasteiger partial charge in [0.2, 0.25) is 5.91 Å². The lowest BCUT2D eigenvalue weighted by molar-refractivity contribution is -0.137. The van der Waals surface area contributed by atoms with Crippen LogP contribution in [-0.4, -0.2) is 36.6 Å². The average Bonchev–Trinajstić information content (AvgIpc) is 3.22. The molecule has 4 aromatic rings. The number of methoxy groups -OCH3 is 1. The Balaban J connectivity index is 1.52. The van der Waals surface area contributed by atoms with E-state index in [2.05, 4.69) is 5.32 Å². The molecule has 1 amide bonds. The summed E-state index contributed by atoms with van der Waals surface area (Å²) in [4.78, 5) is 29.0. The lowest BCUT2D eigenvalue weighted by Gasteiger charge is -2.31. The van der Waals surface area contributed by atoms with Crippen LogP contribution in [0.2, 0.25) is 5.02 Å². The Morgan fingerprint density at radius 2 is 1.68 bits per heavy atom. The number of nitrogens with one attached hydrogen (secondary N) is 1. The summed E-state index contributed by atoms with van der Waals surface area (Å²) in [5, 5.41) is 3.88. The largest absolute Gasteiger partial charge is 0.497 e. The van der Waals surface area contributed by atoms with Crippen molar-refractivity contribution >= 4 is 45.7 Å². The fraction of sp³-hybridized carbons (Fsp3) is 0.290. The van der Waals surface area contributed by atoms with Gasteiger partial charge < -0.3 is 15.0 Å². The van der Waals surface area contributed by atoms with Gasteiger partial charge in [0.15, 0.2) is 0 Å². The SMILES string of the molecule is COc1ccc2c(c1)c(CC(=O)Nc1cc(C(F)(F)F)ccc1N1CCCCC1)c(C)n2C(=O)c1ccc(Cl)cc1. The molecule has 1 aliphatic heterocycles. The molecular formula is C31H29ClF3N3O3. The average molecular weight is 584 g/mol. The molecule has 0 aliphatic carbocycles. The molecule has 214 valence electrons. The minimum Gasteiger partial charge on any atom is -0.497 e. The summed E-state index contributed by atoms with van der Waals surface area (Å²) in [6, 6.07) is 15.2. The molecule has 6 nitrogen and oxygen atoms in total. The molecule has 5 rings (SSSR count). The van der Waals surface area contributed by atoms with E-state index in [9.17, 15) is 22.8 Å². The van der Waals surface area contributed by atoms with Gasteiger partial charge in [-0.05, 0) is 92.4 Å². The normalized spacial score (nSPS) is 13.9. The number of hydrogen-bond donors (Lipinski definition) is 1. The van der Waals surface area contributed by atoms with Crippen molar-refractivity contribution in [2.75, 3.05) is 30.4 Å². The molecule has 10 heteroatoms. The molecule has 0 bridgehead atoms. The van der Waals surface area contributed by atoms with E-state index in [1.54, 1.807) is 49.4 Å². The highest BCUT2D eigenvalue weighted by Crippen LogP contribution is 2.37. The zero-order valence-electron chi connectivity index (χ0n) is 22.6. The van der Waals surface area contributed by atoms with Crippen LogP contribution in [-0.2, 0) is 17.4 Å². The lowest BCUT2D eigenvalue weighted by atomic mass is 10.1. The van der Waals surface area contributed by atoms with E-state index in [1.807, 2.05) is 4.90 Å². The van der Waals surface area contributed by atoms with Gasteiger partial charge in [-0.2, -0.15) is 13.2 Å². The Hall–Kier alpha value is -3.98. The maximum absolute atomic E-state index is 13.6. The van der Waals surface area contributed by atoms with Gasteiger partial charge in [-0.3, -0.25) is 14.2 Å². The van der Waals surface area contributed by atoms with E-state index < -0.39 is 17.6 Å². The molecule has 1 aliphatic rings. The Morgan fingerprint density at radius 3 is 2.34 bits per heavy atom. The Bertz CT molecular complexity index is 1610. The van der Waals surface area contributed by atoms with Gasteiger partial charge in [-0.1, -0.05) is 11.6 Å². The first-order chi connectivity index (χ1) is 19.6. The van der Waals surface area contributed by atoms with Crippen LogP contribution in [0.1, 0.15) is 46.4 Å². The third-order valence-electron chi connectivity index (χ3n) is 7.47. The van der Waals surface area contributed by atoms with Gasteiger partial charge >= 0.3 is 6.18 Å². The number of anilines is 2. The van der Waals surface area contributed by atoms with Crippen molar-refractivity contribution in [3.8, 4) is 5.75 Å². The van der Waals surface area contributed by atoms with Crippen molar-refractivity contribution in [2.24, 2.45) is 0 Å². The van der Waals surface area contributed by atoms with E-state index in [1.165, 1.54) is 17.7 Å². The minimum absolute atomic E-state index is 0.114. The van der Waals surface area contributed by atoms with E-state index in [-0.39, 0.29) is 18.0 Å². The molecule has 0 radical (unpaired) electrons. The molecule has 1 N–H and O–H groups in total. The predicted octanol–water partition coefficient (Wildman–Crippen LogP) is 7.49. The number of ether oxygens (including phenoxy) is 1. The molecule has 2 heterocycles. The number of amides is 1. The molecule has 3 aromatic carbocycles. The molecule has 0 unspecified atom stereocenters. The summed E-state index contributed by atoms with van der Waals surface area (Å²) in [6.45, 7) is 3.15. The van der Waals surface area contributed by atoms with Crippen LogP contribution in [0.3, 0.4) is 0 Å². The van der Waals surface area contributed by atoms with E-state index in [0.29, 0.717) is 57.3 Å². The highest BCUT2D eigenvalue weighted by atomic mass is 35.5. The predicted molar refractivity (Wildman–Crippen MR) is 154 cm³/mol. The van der Waals surface area contributed by atoms with Crippen molar-refractivity contribution in [1.29, 1.82) is 0 Å². The van der Waals surface area contributed by atoms with Crippen LogP contribution >= 0.6 is 11.6 Å². The van der Waals surface area contributed by atoms with Crippen LogP contribution in [0.4, 0.5) is 24.5 Å². The molecule has 1 aromatic heterocycles. The van der Waals surface area contributed by atoms with Gasteiger partial charge in [-0.15, -0.1) is 0 Å². The number of nitrogens with zero attached hydrogens (tertiary/aromatic N) is 2. The molecule has 0 spiro atoms. The number of halogens is 4. The van der Waals surface area contributed by atoms with Gasteiger partial charge in [-0.25, -0.2) is 0 Å². The summed E-state index contributed by atoms with van der Waals surface area (Å²) in [6.07, 6.45) is -1.80. The first kappa shape index (κ1) is 28.5. The van der Waals surface area contributed by atoms with E-state index in [0.717, 1.165) is 31.4 Å². The second-order valence-electron chi connectivity index (χ2n) is 10.1. The minimum atomic E-state index is -4.55. The maximum Gasteiger partial charge on any atom is 0.416 e. The van der Waals surface area contributed by atoms with Crippen molar-refractivity contribution in [3.63, 3.8) is 0 Å². The third kappa shape index (κ3) is 5.91. The Labute approximate surface area is 240 Å². The van der Waals surface area contributed by atoms with E-state index >= 15 is 0 Å². The van der Waals surface area contributed by atoms with Crippen molar-refractivity contribution in [2.45, 2.75) is 38.8 Å². The van der Waals surface area contributed by atoms with Crippen molar-refractivity contribution < 1.29 is 27.5 Å². The number of carbonyl (C=O) groups is 2. The van der Waals surface area contributed by atoms with Gasteiger partial charge in [0.25, 0.3) is 5.91 Å². The molecular weight excluding hydrogens is 555 g/mol. The third-order valence-corrected chi connectivity index (χ3v) is 7.72. The number of carbonyl (C=O) groups excluding carboxylic acids is 2. The number of piperidine rings is 1. The van der Waals surface area contributed by atoms with Gasteiger partial charge in [0.05, 0.1) is 36.0 Å². The summed E-state index contributed by atoms with van der Waals surface area (Å²) in [5.74, 6) is -0.252. The fourth-order valence-electron chi connectivity index (χ4n) is 5.37. The monoisotopic (exact) mass is 583 g/mol. The van der Waals surface area contributed by atoms with Crippen LogP contribution in [0.5, 0.6) is 5.75 Å². The number of benzene rings is 3. The highest BCUT2D eigenvalue weighted by Gasteiger charge is 2.32. The van der Waals surface area contributed by atoms with Crippen LogP contribution in [0.15, 0.2) is 60.7 Å². The lowest BCUT2D eigenvalue weighted by Crippen LogP contribution is -2.30. The number of aromatic nitrogens is 1. The van der Waals surface area contributed by atoms with Crippen molar-refractivity contribution in [3.05, 3.63) is 88.1 Å². The zero-order chi connectivity index (χ0) is 29.3. The summed E-state index contributed by atoms with van der Waals surface area (Å²) in [7, 11) is 1.52. The standard InChI is InChI=1S/C31H29ClF3N3O3/c1-19-24(25-17-23(41-2)11-13-27(25)38(19)30(40)20-6-9-22(32)10-7-20)18-29(39)36-26-16-21(31(33,34)35)8-12-28(26)37-14-4-3-5-15-37/h6-13,16-17H,3-5,14-15,18H2,1-2H3,(H,36,39). The first-order valence-corrected chi connectivity index (χ1v) is 13.7. The second kappa shape index (κ2) is 11.5. The number of fused-ring (bicyclic) bond motifs is 1. The molecule has 1 saturated heterocycles. The van der Waals surface area contributed by atoms with Crippen molar-refractivity contribution in [1.82, 2.24) is 4.57 Å². The molecule has 0 atom stereocenters. The summed E-state index contributed by atoms with van der Waals surface area (Å²) < 4.78 is 47.7. The summed E-state index contributed by atoms with van der Waals surface area (Å²) >= 11 is 6.00.